The average molecular weight is 211 g/mol. The SMILES string of the molecule is N#CCc1cc(C#N)c(C(F)F)nc1F. The van der Waals surface area contributed by atoms with Crippen molar-refractivity contribution in [1.82, 2.24) is 4.98 Å². The number of aromatic nitrogens is 1. The minimum atomic E-state index is -3.01. The van der Waals surface area contributed by atoms with Crippen molar-refractivity contribution in [1.29, 1.82) is 10.5 Å². The molecule has 0 radical (unpaired) electrons. The van der Waals surface area contributed by atoms with Crippen LogP contribution in [0.5, 0.6) is 0 Å². The van der Waals surface area contributed by atoms with Crippen LogP contribution in [0.15, 0.2) is 6.07 Å². The quantitative estimate of drug-likeness (QED) is 0.703. The number of hydrogen-bond acceptors (Lipinski definition) is 3. The number of pyridine rings is 1. The third kappa shape index (κ3) is 2.23. The van der Waals surface area contributed by atoms with E-state index in [4.69, 9.17) is 10.5 Å². The molecule has 76 valence electrons. The van der Waals surface area contributed by atoms with Gasteiger partial charge in [-0.05, 0) is 6.07 Å². The molecule has 0 spiro atoms. The fraction of sp³-hybridized carbons (Fsp3) is 0.222. The fourth-order valence-electron chi connectivity index (χ4n) is 1.01. The minimum absolute atomic E-state index is 0.154. The standard InChI is InChI=1S/C9H4F3N3/c10-8(11)7-6(4-14)3-5(1-2-13)9(12)15-7/h3,8H,1H2. The van der Waals surface area contributed by atoms with Crippen molar-refractivity contribution in [3.63, 3.8) is 0 Å². The van der Waals surface area contributed by atoms with Gasteiger partial charge in [0.1, 0.15) is 11.8 Å². The Labute approximate surface area is 83.4 Å². The van der Waals surface area contributed by atoms with Crippen molar-refractivity contribution in [2.45, 2.75) is 12.8 Å². The van der Waals surface area contributed by atoms with Crippen molar-refractivity contribution in [2.75, 3.05) is 0 Å². The van der Waals surface area contributed by atoms with Crippen LogP contribution in [0.3, 0.4) is 0 Å². The normalized spacial score (nSPS) is 9.73. The summed E-state index contributed by atoms with van der Waals surface area (Å²) in [5.41, 5.74) is -1.45. The predicted octanol–water partition coefficient (Wildman–Crippen LogP) is 2.10. The lowest BCUT2D eigenvalue weighted by Gasteiger charge is -2.04. The molecule has 0 unspecified atom stereocenters. The molecule has 1 heterocycles. The van der Waals surface area contributed by atoms with Crippen LogP contribution in [0.4, 0.5) is 13.2 Å². The van der Waals surface area contributed by atoms with Gasteiger partial charge in [-0.1, -0.05) is 0 Å². The molecule has 1 aromatic rings. The zero-order valence-corrected chi connectivity index (χ0v) is 7.34. The highest BCUT2D eigenvalue weighted by Crippen LogP contribution is 2.22. The molecule has 0 atom stereocenters. The van der Waals surface area contributed by atoms with E-state index in [1.807, 2.05) is 0 Å². The van der Waals surface area contributed by atoms with Gasteiger partial charge in [-0.25, -0.2) is 13.8 Å². The Balaban J connectivity index is 3.32. The lowest BCUT2D eigenvalue weighted by atomic mass is 10.1. The van der Waals surface area contributed by atoms with Gasteiger partial charge in [0.05, 0.1) is 18.1 Å². The summed E-state index contributed by atoms with van der Waals surface area (Å²) in [7, 11) is 0. The maximum atomic E-state index is 13.0. The molecule has 0 aliphatic rings. The van der Waals surface area contributed by atoms with Crippen LogP contribution in [0.25, 0.3) is 0 Å². The molecule has 0 bridgehead atoms. The van der Waals surface area contributed by atoms with Crippen molar-refractivity contribution in [2.24, 2.45) is 0 Å². The molecule has 3 nitrogen and oxygen atoms in total. The Bertz CT molecular complexity index is 457. The van der Waals surface area contributed by atoms with Crippen molar-refractivity contribution in [3.8, 4) is 12.1 Å². The van der Waals surface area contributed by atoms with Crippen molar-refractivity contribution >= 4 is 0 Å². The number of halogens is 3. The topological polar surface area (TPSA) is 60.5 Å². The van der Waals surface area contributed by atoms with E-state index in [1.54, 1.807) is 6.07 Å². The monoisotopic (exact) mass is 211 g/mol. The zero-order valence-electron chi connectivity index (χ0n) is 7.34. The summed E-state index contributed by atoms with van der Waals surface area (Å²) >= 11 is 0. The summed E-state index contributed by atoms with van der Waals surface area (Å²) in [6.45, 7) is 0. The van der Waals surface area contributed by atoms with Gasteiger partial charge in [-0.3, -0.25) is 0 Å². The van der Waals surface area contributed by atoms with Crippen LogP contribution >= 0.6 is 0 Å². The molecule has 0 saturated heterocycles. The number of rotatable bonds is 2. The number of alkyl halides is 2. The van der Waals surface area contributed by atoms with E-state index in [0.29, 0.717) is 0 Å². The van der Waals surface area contributed by atoms with Crippen LogP contribution in [0, 0.1) is 28.6 Å². The molecule has 1 rings (SSSR count). The Morgan fingerprint density at radius 1 is 1.40 bits per heavy atom. The highest BCUT2D eigenvalue weighted by Gasteiger charge is 2.18. The first-order chi connectivity index (χ1) is 7.10. The van der Waals surface area contributed by atoms with Crippen LogP contribution in [0.2, 0.25) is 0 Å². The van der Waals surface area contributed by atoms with Gasteiger partial charge < -0.3 is 0 Å². The summed E-state index contributed by atoms with van der Waals surface area (Å²) in [6.07, 6.45) is -3.32. The molecular weight excluding hydrogens is 207 g/mol. The van der Waals surface area contributed by atoms with E-state index < -0.39 is 23.6 Å². The van der Waals surface area contributed by atoms with E-state index in [-0.39, 0.29) is 12.0 Å². The maximum Gasteiger partial charge on any atom is 0.281 e. The van der Waals surface area contributed by atoms with Crippen LogP contribution < -0.4 is 0 Å². The zero-order chi connectivity index (χ0) is 11.4. The van der Waals surface area contributed by atoms with Crippen molar-refractivity contribution in [3.05, 3.63) is 28.8 Å². The Morgan fingerprint density at radius 3 is 2.53 bits per heavy atom. The molecule has 0 amide bonds. The van der Waals surface area contributed by atoms with E-state index in [1.165, 1.54) is 6.07 Å². The molecule has 1 aromatic heterocycles. The predicted molar refractivity (Wildman–Crippen MR) is 43.2 cm³/mol. The van der Waals surface area contributed by atoms with Gasteiger partial charge in [0.25, 0.3) is 6.43 Å². The first kappa shape index (κ1) is 11.0. The summed E-state index contributed by atoms with van der Waals surface area (Å²) < 4.78 is 37.5. The van der Waals surface area contributed by atoms with Gasteiger partial charge in [0.15, 0.2) is 0 Å². The lowest BCUT2D eigenvalue weighted by Crippen LogP contribution is -2.02. The summed E-state index contributed by atoms with van der Waals surface area (Å²) in [6, 6.07) is 4.06. The molecule has 0 N–H and O–H groups in total. The molecule has 0 aliphatic carbocycles. The summed E-state index contributed by atoms with van der Waals surface area (Å²) in [5.74, 6) is -1.13. The van der Waals surface area contributed by atoms with Gasteiger partial charge >= 0.3 is 0 Å². The van der Waals surface area contributed by atoms with Gasteiger partial charge in [-0.2, -0.15) is 14.9 Å². The highest BCUT2D eigenvalue weighted by atomic mass is 19.3. The molecular formula is C9H4F3N3. The lowest BCUT2D eigenvalue weighted by molar-refractivity contribution is 0.144. The Morgan fingerprint density at radius 2 is 2.07 bits per heavy atom. The first-order valence-corrected chi connectivity index (χ1v) is 3.84. The van der Waals surface area contributed by atoms with E-state index in [0.717, 1.165) is 6.07 Å². The van der Waals surface area contributed by atoms with Gasteiger partial charge in [0.2, 0.25) is 5.95 Å². The highest BCUT2D eigenvalue weighted by molar-refractivity contribution is 5.37. The smallest absolute Gasteiger partial charge is 0.217 e. The second-order valence-electron chi connectivity index (χ2n) is 2.62. The third-order valence-electron chi connectivity index (χ3n) is 1.67. The van der Waals surface area contributed by atoms with Crippen LogP contribution in [-0.4, -0.2) is 4.98 Å². The van der Waals surface area contributed by atoms with Gasteiger partial charge in [-0.15, -0.1) is 0 Å². The minimum Gasteiger partial charge on any atom is -0.217 e. The van der Waals surface area contributed by atoms with E-state index in [9.17, 15) is 13.2 Å². The second-order valence-corrected chi connectivity index (χ2v) is 2.62. The first-order valence-electron chi connectivity index (χ1n) is 3.84. The number of hydrogen-bond donors (Lipinski definition) is 0. The largest absolute Gasteiger partial charge is 0.281 e. The summed E-state index contributed by atoms with van der Waals surface area (Å²) in [4.78, 5) is 2.97. The Kier molecular flexibility index (Phi) is 3.25. The molecule has 0 aliphatic heterocycles. The average Bonchev–Trinajstić information content (AvgIpc) is 2.20. The Hall–Kier alpha value is -2.08. The third-order valence-corrected chi connectivity index (χ3v) is 1.67. The molecule has 0 saturated carbocycles. The number of nitrogens with zero attached hydrogens (tertiary/aromatic N) is 3. The molecule has 0 aromatic carbocycles. The molecule has 15 heavy (non-hydrogen) atoms. The van der Waals surface area contributed by atoms with Crippen molar-refractivity contribution < 1.29 is 13.2 Å². The fourth-order valence-corrected chi connectivity index (χ4v) is 1.01. The maximum absolute atomic E-state index is 13.0. The van der Waals surface area contributed by atoms with E-state index >= 15 is 0 Å². The number of nitriles is 2. The van der Waals surface area contributed by atoms with Gasteiger partial charge in [0, 0.05) is 5.56 Å². The second kappa shape index (κ2) is 4.43. The van der Waals surface area contributed by atoms with Crippen LogP contribution in [-0.2, 0) is 6.42 Å². The molecule has 0 fully saturated rings. The summed E-state index contributed by atoms with van der Waals surface area (Å²) in [5, 5.41) is 16.8. The van der Waals surface area contributed by atoms with Crippen LogP contribution in [0.1, 0.15) is 23.2 Å². The van der Waals surface area contributed by atoms with E-state index in [2.05, 4.69) is 4.98 Å². The molecule has 6 heteroatoms.